The van der Waals surface area contributed by atoms with Gasteiger partial charge in [-0.05, 0) is 37.1 Å². The fourth-order valence-corrected chi connectivity index (χ4v) is 4.98. The Morgan fingerprint density at radius 3 is 2.66 bits per heavy atom. The summed E-state index contributed by atoms with van der Waals surface area (Å²) in [6, 6.07) is 11.7. The topological polar surface area (TPSA) is 103 Å². The lowest BCUT2D eigenvalue weighted by Gasteiger charge is -2.17. The highest BCUT2D eigenvalue weighted by atomic mass is 35.5. The minimum absolute atomic E-state index is 0.0110. The van der Waals surface area contributed by atoms with E-state index >= 15 is 0 Å². The van der Waals surface area contributed by atoms with Crippen molar-refractivity contribution in [1.29, 1.82) is 0 Å². The monoisotopic (exact) mass is 491 g/mol. The Kier molecular flexibility index (Phi) is 6.98. The zero-order chi connectivity index (χ0) is 22.7. The van der Waals surface area contributed by atoms with Crippen LogP contribution in [0.15, 0.2) is 47.6 Å². The minimum Gasteiger partial charge on any atom is -0.320 e. The van der Waals surface area contributed by atoms with E-state index in [0.717, 1.165) is 31.2 Å². The van der Waals surface area contributed by atoms with Gasteiger partial charge in [-0.2, -0.15) is 0 Å². The van der Waals surface area contributed by atoms with Gasteiger partial charge in [-0.1, -0.05) is 59.9 Å². The van der Waals surface area contributed by atoms with Gasteiger partial charge >= 0.3 is 0 Å². The van der Waals surface area contributed by atoms with Crippen LogP contribution in [0.1, 0.15) is 31.7 Å². The lowest BCUT2D eigenvalue weighted by Crippen LogP contribution is -2.16. The van der Waals surface area contributed by atoms with Crippen LogP contribution in [0.5, 0.6) is 0 Å². The van der Waals surface area contributed by atoms with Crippen LogP contribution in [-0.4, -0.2) is 31.3 Å². The highest BCUT2D eigenvalue weighted by molar-refractivity contribution is 7.99. The highest BCUT2D eigenvalue weighted by Crippen LogP contribution is 2.38. The van der Waals surface area contributed by atoms with E-state index < -0.39 is 10.8 Å². The molecule has 1 aromatic heterocycles. The molecule has 32 heavy (non-hydrogen) atoms. The molecule has 0 atom stereocenters. The van der Waals surface area contributed by atoms with Crippen molar-refractivity contribution in [2.45, 2.75) is 36.9 Å². The number of aromatic nitrogens is 3. The van der Waals surface area contributed by atoms with Crippen LogP contribution in [0.3, 0.4) is 0 Å². The summed E-state index contributed by atoms with van der Waals surface area (Å²) in [5, 5.41) is 24.0. The summed E-state index contributed by atoms with van der Waals surface area (Å²) >= 11 is 13.6. The molecule has 2 aromatic carbocycles. The smallest absolute Gasteiger partial charge is 0.292 e. The number of nitrogens with one attached hydrogen (secondary N) is 1. The molecule has 166 valence electrons. The van der Waals surface area contributed by atoms with Gasteiger partial charge in [0.1, 0.15) is 5.69 Å². The Hall–Kier alpha value is -2.62. The summed E-state index contributed by atoms with van der Waals surface area (Å²) in [7, 11) is 0. The van der Waals surface area contributed by atoms with E-state index in [1.165, 1.54) is 30.0 Å². The number of nitro groups is 1. The lowest BCUT2D eigenvalue weighted by atomic mass is 10.2. The number of nitro benzene ring substituents is 1. The van der Waals surface area contributed by atoms with Gasteiger partial charge < -0.3 is 5.32 Å². The van der Waals surface area contributed by atoms with Gasteiger partial charge in [-0.25, -0.2) is 0 Å². The lowest BCUT2D eigenvalue weighted by molar-refractivity contribution is -0.383. The predicted molar refractivity (Wildman–Crippen MR) is 125 cm³/mol. The Labute approximate surface area is 198 Å². The third kappa shape index (κ3) is 4.90. The number of carbonyl (C=O) groups excluding carboxylic acids is 1. The first-order valence-electron chi connectivity index (χ1n) is 10.0. The summed E-state index contributed by atoms with van der Waals surface area (Å²) < 4.78 is 2.06. The van der Waals surface area contributed by atoms with Crippen molar-refractivity contribution in [1.82, 2.24) is 14.8 Å². The maximum absolute atomic E-state index is 12.6. The molecular weight excluding hydrogens is 473 g/mol. The maximum Gasteiger partial charge on any atom is 0.292 e. The Morgan fingerprint density at radius 2 is 1.94 bits per heavy atom. The van der Waals surface area contributed by atoms with Crippen molar-refractivity contribution in [3.8, 4) is 11.4 Å². The van der Waals surface area contributed by atoms with Crippen LogP contribution >= 0.6 is 35.0 Å². The van der Waals surface area contributed by atoms with Gasteiger partial charge in [0.2, 0.25) is 5.91 Å². The molecule has 11 heteroatoms. The van der Waals surface area contributed by atoms with E-state index in [1.807, 2.05) is 24.3 Å². The summed E-state index contributed by atoms with van der Waals surface area (Å²) in [6.07, 6.45) is 4.25. The molecule has 0 aliphatic heterocycles. The van der Waals surface area contributed by atoms with Crippen LogP contribution in [0.2, 0.25) is 10.0 Å². The molecule has 0 saturated heterocycles. The van der Waals surface area contributed by atoms with Gasteiger partial charge in [-0.3, -0.25) is 19.5 Å². The second kappa shape index (κ2) is 9.89. The molecule has 4 rings (SSSR count). The number of hydrogen-bond donors (Lipinski definition) is 1. The van der Waals surface area contributed by atoms with Gasteiger partial charge in [-0.15, -0.1) is 10.2 Å². The molecule has 0 spiro atoms. The van der Waals surface area contributed by atoms with E-state index in [2.05, 4.69) is 20.1 Å². The zero-order valence-corrected chi connectivity index (χ0v) is 19.2. The fraction of sp³-hybridized carbons (Fsp3) is 0.286. The molecule has 1 heterocycles. The largest absolute Gasteiger partial charge is 0.320 e. The number of halogens is 2. The number of rotatable bonds is 7. The van der Waals surface area contributed by atoms with Gasteiger partial charge in [0.15, 0.2) is 11.0 Å². The highest BCUT2D eigenvalue weighted by Gasteiger charge is 2.26. The Balaban J connectivity index is 1.55. The number of carbonyl (C=O) groups is 1. The van der Waals surface area contributed by atoms with E-state index in [0.29, 0.717) is 21.0 Å². The van der Waals surface area contributed by atoms with Crippen LogP contribution in [0.25, 0.3) is 11.4 Å². The molecule has 1 aliphatic rings. The van der Waals surface area contributed by atoms with Gasteiger partial charge in [0, 0.05) is 22.7 Å². The Bertz CT molecular complexity index is 1160. The first kappa shape index (κ1) is 22.6. The van der Waals surface area contributed by atoms with Crippen LogP contribution in [-0.2, 0) is 4.79 Å². The summed E-state index contributed by atoms with van der Waals surface area (Å²) in [5.41, 5.74) is 0.629. The van der Waals surface area contributed by atoms with Gasteiger partial charge in [0.05, 0.1) is 15.7 Å². The summed E-state index contributed by atoms with van der Waals surface area (Å²) in [6.45, 7) is 0. The maximum atomic E-state index is 12.6. The standard InChI is InChI=1S/C21H19Cl2N5O3S/c22-13-9-10-18(28(30)31)17(11-13)24-19(29)12-32-21-26-25-20(15-7-3-4-8-16(15)23)27(21)14-5-1-2-6-14/h3-4,7-11,14H,1-2,5-6,12H2,(H,24,29). The van der Waals surface area contributed by atoms with Gasteiger partial charge in [0.25, 0.3) is 5.69 Å². The molecule has 0 bridgehead atoms. The number of anilines is 1. The van der Waals surface area contributed by atoms with Crippen LogP contribution < -0.4 is 5.32 Å². The first-order valence-corrected chi connectivity index (χ1v) is 11.7. The average Bonchev–Trinajstić information content (AvgIpc) is 3.42. The molecule has 1 saturated carbocycles. The minimum atomic E-state index is -0.564. The molecule has 1 fully saturated rings. The SMILES string of the molecule is O=C(CSc1nnc(-c2ccccc2Cl)n1C1CCCC1)Nc1cc(Cl)ccc1[N+](=O)[O-]. The molecule has 8 nitrogen and oxygen atoms in total. The quantitative estimate of drug-likeness (QED) is 0.246. The van der Waals surface area contributed by atoms with Crippen molar-refractivity contribution >= 4 is 52.2 Å². The van der Waals surface area contributed by atoms with E-state index in [4.69, 9.17) is 23.2 Å². The van der Waals surface area contributed by atoms with Crippen LogP contribution in [0, 0.1) is 10.1 Å². The molecule has 1 amide bonds. The van der Waals surface area contributed by atoms with E-state index in [9.17, 15) is 14.9 Å². The second-order valence-corrected chi connectivity index (χ2v) is 9.14. The number of thioether (sulfide) groups is 1. The molecule has 3 aromatic rings. The van der Waals surface area contributed by atoms with Crippen molar-refractivity contribution in [3.05, 3.63) is 62.6 Å². The zero-order valence-electron chi connectivity index (χ0n) is 16.8. The molecular formula is C21H19Cl2N5O3S. The number of amides is 1. The molecule has 1 aliphatic carbocycles. The van der Waals surface area contributed by atoms with Crippen LogP contribution in [0.4, 0.5) is 11.4 Å². The van der Waals surface area contributed by atoms with Crippen molar-refractivity contribution in [2.24, 2.45) is 0 Å². The third-order valence-electron chi connectivity index (χ3n) is 5.23. The number of nitrogens with zero attached hydrogens (tertiary/aromatic N) is 4. The van der Waals surface area contributed by atoms with E-state index in [1.54, 1.807) is 0 Å². The average molecular weight is 492 g/mol. The predicted octanol–water partition coefficient (Wildman–Crippen LogP) is 6.01. The number of hydrogen-bond acceptors (Lipinski definition) is 6. The van der Waals surface area contributed by atoms with Crippen molar-refractivity contribution in [2.75, 3.05) is 11.1 Å². The normalized spacial score (nSPS) is 13.9. The van der Waals surface area contributed by atoms with Crippen molar-refractivity contribution in [3.63, 3.8) is 0 Å². The fourth-order valence-electron chi connectivity index (χ4n) is 3.78. The Morgan fingerprint density at radius 1 is 1.19 bits per heavy atom. The summed E-state index contributed by atoms with van der Waals surface area (Å²) in [4.78, 5) is 23.2. The van der Waals surface area contributed by atoms with Crippen molar-refractivity contribution < 1.29 is 9.72 Å². The molecule has 1 N–H and O–H groups in total. The molecule has 0 radical (unpaired) electrons. The number of benzene rings is 2. The van der Waals surface area contributed by atoms with E-state index in [-0.39, 0.29) is 23.2 Å². The first-order chi connectivity index (χ1) is 15.4. The third-order valence-corrected chi connectivity index (χ3v) is 6.74. The summed E-state index contributed by atoms with van der Waals surface area (Å²) in [5.74, 6) is 0.286. The second-order valence-electron chi connectivity index (χ2n) is 7.35. The molecule has 0 unspecified atom stereocenters.